The maximum Gasteiger partial charge on any atom is 0.183 e. The van der Waals surface area contributed by atoms with E-state index in [-0.39, 0.29) is 0 Å². The van der Waals surface area contributed by atoms with Gasteiger partial charge in [-0.15, -0.1) is 0 Å². The van der Waals surface area contributed by atoms with Crippen LogP contribution in [0.1, 0.15) is 43.7 Å². The van der Waals surface area contributed by atoms with Crippen molar-refractivity contribution in [2.45, 2.75) is 101 Å². The van der Waals surface area contributed by atoms with E-state index < -0.39 is 16.1 Å². The van der Waals surface area contributed by atoms with Gasteiger partial charge in [-0.2, -0.15) is 9.61 Å². The second kappa shape index (κ2) is 11.7. The lowest BCUT2D eigenvalue weighted by atomic mass is 9.75. The summed E-state index contributed by atoms with van der Waals surface area (Å²) in [7, 11) is 4.13. The molecule has 4 rings (SSSR count). The molecule has 2 aliphatic heterocycles. The van der Waals surface area contributed by atoms with Crippen molar-refractivity contribution < 1.29 is 9.47 Å². The van der Waals surface area contributed by atoms with Crippen molar-refractivity contribution in [2.75, 3.05) is 31.6 Å². The van der Waals surface area contributed by atoms with Crippen molar-refractivity contribution in [3.8, 4) is 0 Å². The molecule has 2 unspecified atom stereocenters. The standard InChI is InChI=1S/C26H46BN5O2Si2/c1-35(2,3)14-12-33-19-30(20-34-13-15-36(4,5)6)26-18-24(29-25-10-11-28-32(25)26)21-16-22-8-7-9-23(17-21)31(22)27/h10-11,18,21-23H,7-9,12-17,19-20H2,1-6H3. The fraction of sp³-hybridized carbons (Fsp3) is 0.769. The minimum atomic E-state index is -1.15. The number of fused-ring (bicyclic) bond motifs is 3. The van der Waals surface area contributed by atoms with Crippen LogP contribution >= 0.6 is 0 Å². The first-order valence-corrected chi connectivity index (χ1v) is 21.2. The minimum absolute atomic E-state index is 0.418. The predicted octanol–water partition coefficient (Wildman–Crippen LogP) is 5.34. The third-order valence-corrected chi connectivity index (χ3v) is 11.0. The van der Waals surface area contributed by atoms with Crippen LogP contribution in [-0.4, -0.2) is 82.3 Å². The van der Waals surface area contributed by atoms with Gasteiger partial charge < -0.3 is 19.2 Å². The predicted molar refractivity (Wildman–Crippen MR) is 154 cm³/mol. The molecule has 0 amide bonds. The molecule has 2 bridgehead atoms. The minimum Gasteiger partial charge on any atom is -0.361 e. The molecule has 0 aromatic carbocycles. The summed E-state index contributed by atoms with van der Waals surface area (Å²) in [6, 6.07) is 7.45. The zero-order valence-electron chi connectivity index (χ0n) is 23.4. The Labute approximate surface area is 221 Å². The SMILES string of the molecule is [B]N1C2CCCC1CC(c1cc(N(COCC[Si](C)(C)C)COCC[Si](C)(C)C)n3nccc3n1)C2. The van der Waals surface area contributed by atoms with Gasteiger partial charge in [0, 0.05) is 53.1 Å². The summed E-state index contributed by atoms with van der Waals surface area (Å²) in [5, 5.41) is 4.62. The van der Waals surface area contributed by atoms with E-state index in [2.05, 4.69) is 60.2 Å². The first-order valence-electron chi connectivity index (χ1n) is 13.8. The normalized spacial score (nSPS) is 23.3. The Kier molecular flexibility index (Phi) is 9.03. The molecular weight excluding hydrogens is 481 g/mol. The van der Waals surface area contributed by atoms with Crippen molar-refractivity contribution >= 4 is 35.6 Å². The fourth-order valence-corrected chi connectivity index (χ4v) is 6.80. The molecule has 2 saturated heterocycles. The highest BCUT2D eigenvalue weighted by atomic mass is 28.3. The van der Waals surface area contributed by atoms with Crippen molar-refractivity contribution in [3.63, 3.8) is 0 Å². The van der Waals surface area contributed by atoms with Crippen molar-refractivity contribution in [2.24, 2.45) is 0 Å². The lowest BCUT2D eigenvalue weighted by molar-refractivity contribution is 0.0941. The van der Waals surface area contributed by atoms with Gasteiger partial charge in [0.15, 0.2) is 13.6 Å². The molecule has 2 aromatic heterocycles. The second-order valence-electron chi connectivity index (χ2n) is 13.2. The first kappa shape index (κ1) is 27.8. The Morgan fingerprint density at radius 2 is 1.56 bits per heavy atom. The van der Waals surface area contributed by atoms with E-state index in [1.807, 2.05) is 16.8 Å². The van der Waals surface area contributed by atoms with Crippen molar-refractivity contribution in [1.29, 1.82) is 0 Å². The molecule has 10 heteroatoms. The monoisotopic (exact) mass is 527 g/mol. The largest absolute Gasteiger partial charge is 0.361 e. The molecular formula is C26H46BN5O2Si2. The van der Waals surface area contributed by atoms with Crippen molar-refractivity contribution in [1.82, 2.24) is 19.4 Å². The molecule has 0 aliphatic carbocycles. The molecule has 0 spiro atoms. The summed E-state index contributed by atoms with van der Waals surface area (Å²) in [6.45, 7) is 16.9. The Hall–Kier alpha value is -1.20. The lowest BCUT2D eigenvalue weighted by Crippen LogP contribution is -2.50. The van der Waals surface area contributed by atoms with Gasteiger partial charge in [0.1, 0.15) is 19.3 Å². The molecule has 2 aromatic rings. The molecule has 2 radical (unpaired) electrons. The van der Waals surface area contributed by atoms with Gasteiger partial charge in [-0.1, -0.05) is 45.7 Å². The van der Waals surface area contributed by atoms with Crippen LogP contribution in [0.3, 0.4) is 0 Å². The summed E-state index contributed by atoms with van der Waals surface area (Å²) in [5.41, 5.74) is 2.04. The van der Waals surface area contributed by atoms with Crippen molar-refractivity contribution in [3.05, 3.63) is 24.0 Å². The summed E-state index contributed by atoms with van der Waals surface area (Å²) in [5.74, 6) is 1.42. The molecule has 7 nitrogen and oxygen atoms in total. The summed E-state index contributed by atoms with van der Waals surface area (Å²) < 4.78 is 14.4. The van der Waals surface area contributed by atoms with Crippen LogP contribution in [0.4, 0.5) is 5.82 Å². The zero-order valence-corrected chi connectivity index (χ0v) is 25.4. The quantitative estimate of drug-likeness (QED) is 0.211. The van der Waals surface area contributed by atoms with Crippen LogP contribution < -0.4 is 4.90 Å². The average Bonchev–Trinajstić information content (AvgIpc) is 3.25. The number of ether oxygens (including phenoxy) is 2. The fourth-order valence-electron chi connectivity index (χ4n) is 5.28. The smallest absolute Gasteiger partial charge is 0.183 e. The van der Waals surface area contributed by atoms with E-state index in [4.69, 9.17) is 22.4 Å². The number of hydrogen-bond donors (Lipinski definition) is 0. The highest BCUT2D eigenvalue weighted by Crippen LogP contribution is 2.40. The van der Waals surface area contributed by atoms with Crippen LogP contribution in [-0.2, 0) is 9.47 Å². The van der Waals surface area contributed by atoms with Gasteiger partial charge in [-0.05, 0) is 49.9 Å². The maximum atomic E-state index is 6.44. The Balaban J connectivity index is 1.55. The van der Waals surface area contributed by atoms with E-state index in [1.54, 1.807) is 0 Å². The number of hydrogen-bond acceptors (Lipinski definition) is 6. The first-order chi connectivity index (χ1) is 17.0. The summed E-state index contributed by atoms with van der Waals surface area (Å²) >= 11 is 0. The molecule has 4 heterocycles. The van der Waals surface area contributed by atoms with Gasteiger partial charge in [0.2, 0.25) is 0 Å². The molecule has 0 N–H and O–H groups in total. The van der Waals surface area contributed by atoms with E-state index in [1.165, 1.54) is 19.3 Å². The number of rotatable bonds is 12. The highest BCUT2D eigenvalue weighted by molar-refractivity contribution is 6.76. The number of aromatic nitrogens is 3. The zero-order chi connectivity index (χ0) is 25.9. The van der Waals surface area contributed by atoms with Crippen LogP contribution in [0.15, 0.2) is 18.3 Å². The Morgan fingerprint density at radius 3 is 2.11 bits per heavy atom. The second-order valence-corrected chi connectivity index (χ2v) is 24.5. The van der Waals surface area contributed by atoms with Gasteiger partial charge in [0.25, 0.3) is 0 Å². The van der Waals surface area contributed by atoms with Gasteiger partial charge >= 0.3 is 0 Å². The molecule has 2 atom stereocenters. The topological polar surface area (TPSA) is 55.1 Å². The van der Waals surface area contributed by atoms with E-state index in [9.17, 15) is 0 Å². The third kappa shape index (κ3) is 7.43. The van der Waals surface area contributed by atoms with Gasteiger partial charge in [0.05, 0.1) is 6.20 Å². The van der Waals surface area contributed by atoms with Crippen LogP contribution in [0.5, 0.6) is 0 Å². The van der Waals surface area contributed by atoms with Crippen LogP contribution in [0.2, 0.25) is 51.4 Å². The van der Waals surface area contributed by atoms with Gasteiger partial charge in [-0.3, -0.25) is 0 Å². The highest BCUT2D eigenvalue weighted by Gasteiger charge is 2.37. The third-order valence-electron chi connectivity index (χ3n) is 7.62. The van der Waals surface area contributed by atoms with Crippen LogP contribution in [0.25, 0.3) is 5.65 Å². The molecule has 2 fully saturated rings. The molecule has 36 heavy (non-hydrogen) atoms. The summed E-state index contributed by atoms with van der Waals surface area (Å²) in [6.07, 6.45) is 7.64. The number of anilines is 1. The number of nitrogens with zero attached hydrogens (tertiary/aromatic N) is 5. The number of piperidine rings is 2. The maximum absolute atomic E-state index is 6.44. The van der Waals surface area contributed by atoms with E-state index >= 15 is 0 Å². The van der Waals surface area contributed by atoms with E-state index in [0.29, 0.717) is 31.5 Å². The molecule has 198 valence electrons. The lowest BCUT2D eigenvalue weighted by Gasteiger charge is -2.47. The molecule has 2 aliphatic rings. The van der Waals surface area contributed by atoms with Crippen LogP contribution in [0, 0.1) is 0 Å². The Morgan fingerprint density at radius 1 is 0.972 bits per heavy atom. The Bertz CT molecular complexity index is 957. The molecule has 0 saturated carbocycles. The average molecular weight is 528 g/mol. The summed E-state index contributed by atoms with van der Waals surface area (Å²) in [4.78, 5) is 9.38. The van der Waals surface area contributed by atoms with E-state index in [0.717, 1.165) is 55.3 Å². The van der Waals surface area contributed by atoms with Gasteiger partial charge in [-0.25, -0.2) is 4.98 Å².